The van der Waals surface area contributed by atoms with Crippen LogP contribution in [-0.2, 0) is 11.3 Å². The first-order chi connectivity index (χ1) is 15.9. The Morgan fingerprint density at radius 2 is 1.76 bits per heavy atom. The maximum Gasteiger partial charge on any atom is 0.257 e. The highest BCUT2D eigenvalue weighted by Crippen LogP contribution is 2.30. The zero-order valence-corrected chi connectivity index (χ0v) is 20.0. The number of hydrogen-bond acceptors (Lipinski definition) is 4. The summed E-state index contributed by atoms with van der Waals surface area (Å²) >= 11 is 13.8. The molecular weight excluding hydrogens is 479 g/mol. The Bertz CT molecular complexity index is 1250. The molecule has 0 saturated carbocycles. The van der Waals surface area contributed by atoms with Gasteiger partial charge in [-0.1, -0.05) is 65.7 Å². The second kappa shape index (κ2) is 10.2. The molecule has 2 aromatic carbocycles. The van der Waals surface area contributed by atoms with E-state index in [1.165, 1.54) is 16.2 Å². The fourth-order valence-corrected chi connectivity index (χ4v) is 4.53. The number of nitrogens with one attached hydrogen (secondary N) is 1. The predicted octanol–water partition coefficient (Wildman–Crippen LogP) is 5.68. The number of anilines is 1. The molecule has 0 bridgehead atoms. The van der Waals surface area contributed by atoms with Crippen LogP contribution >= 0.6 is 34.5 Å². The van der Waals surface area contributed by atoms with Gasteiger partial charge in [0, 0.05) is 13.2 Å². The minimum atomic E-state index is -0.407. The number of benzene rings is 2. The molecule has 4 aromatic rings. The van der Waals surface area contributed by atoms with Crippen molar-refractivity contribution in [1.29, 1.82) is 0 Å². The first-order valence-corrected chi connectivity index (χ1v) is 11.7. The van der Waals surface area contributed by atoms with E-state index in [1.54, 1.807) is 36.1 Å². The number of amides is 2. The van der Waals surface area contributed by atoms with Crippen LogP contribution in [0, 0.1) is 0 Å². The summed E-state index contributed by atoms with van der Waals surface area (Å²) in [5.41, 5.74) is 2.41. The normalized spacial score (nSPS) is 10.8. The summed E-state index contributed by atoms with van der Waals surface area (Å²) in [4.78, 5) is 28.1. The van der Waals surface area contributed by atoms with Gasteiger partial charge in [-0.2, -0.15) is 5.10 Å². The molecule has 0 aliphatic rings. The predicted molar refractivity (Wildman–Crippen MR) is 133 cm³/mol. The van der Waals surface area contributed by atoms with Gasteiger partial charge in [0.15, 0.2) is 0 Å². The Hall–Kier alpha value is -3.13. The lowest BCUT2D eigenvalue weighted by molar-refractivity contribution is -0.116. The fraction of sp³-hybridized carbons (Fsp3) is 0.125. The molecule has 0 unspecified atom stereocenters. The number of aromatic nitrogens is 2. The van der Waals surface area contributed by atoms with Gasteiger partial charge < -0.3 is 10.2 Å². The molecule has 2 heterocycles. The first kappa shape index (κ1) is 23.0. The number of carbonyl (C=O) groups excluding carboxylic acids is 2. The van der Waals surface area contributed by atoms with Crippen molar-refractivity contribution in [3.05, 3.63) is 93.4 Å². The zero-order valence-electron chi connectivity index (χ0n) is 17.7. The molecular formula is C24H20Cl2N4O2S. The summed E-state index contributed by atoms with van der Waals surface area (Å²) < 4.78 is 1.75. The quantitative estimate of drug-likeness (QED) is 0.356. The molecule has 9 heteroatoms. The van der Waals surface area contributed by atoms with E-state index in [2.05, 4.69) is 10.4 Å². The SMILES string of the molecule is CN(CC(=O)Nc1c(Cl)cccc1Cl)C(=O)c1cn(Cc2ccccc2)nc1-c1cccs1. The van der Waals surface area contributed by atoms with Crippen molar-refractivity contribution < 1.29 is 9.59 Å². The minimum absolute atomic E-state index is 0.172. The van der Waals surface area contributed by atoms with Crippen LogP contribution in [0.3, 0.4) is 0 Å². The Labute approximate surface area is 205 Å². The van der Waals surface area contributed by atoms with Crippen molar-refractivity contribution in [3.63, 3.8) is 0 Å². The standard InChI is InChI=1S/C24H20Cl2N4O2S/c1-29(15-21(31)27-23-18(25)9-5-10-19(23)26)24(32)17-14-30(13-16-7-3-2-4-8-16)28-22(17)20-11-6-12-33-20/h2-12,14H,13,15H2,1H3,(H,27,31). The molecule has 0 fully saturated rings. The van der Waals surface area contributed by atoms with E-state index in [0.29, 0.717) is 33.5 Å². The van der Waals surface area contributed by atoms with Crippen LogP contribution in [0.5, 0.6) is 0 Å². The second-order valence-corrected chi connectivity index (χ2v) is 9.12. The summed E-state index contributed by atoms with van der Waals surface area (Å²) in [6.45, 7) is 0.357. The fourth-order valence-electron chi connectivity index (χ4n) is 3.31. The smallest absolute Gasteiger partial charge is 0.257 e. The van der Waals surface area contributed by atoms with Gasteiger partial charge in [0.1, 0.15) is 5.69 Å². The van der Waals surface area contributed by atoms with Crippen molar-refractivity contribution in [2.75, 3.05) is 18.9 Å². The topological polar surface area (TPSA) is 67.2 Å². The van der Waals surface area contributed by atoms with E-state index in [9.17, 15) is 9.59 Å². The largest absolute Gasteiger partial charge is 0.332 e. The van der Waals surface area contributed by atoms with Gasteiger partial charge in [-0.15, -0.1) is 11.3 Å². The summed E-state index contributed by atoms with van der Waals surface area (Å²) in [7, 11) is 1.57. The van der Waals surface area contributed by atoms with Gasteiger partial charge in [0.25, 0.3) is 5.91 Å². The van der Waals surface area contributed by atoms with Crippen LogP contribution in [0.2, 0.25) is 10.0 Å². The average molecular weight is 499 g/mol. The Balaban J connectivity index is 1.54. The Morgan fingerprint density at radius 3 is 2.42 bits per heavy atom. The summed E-state index contributed by atoms with van der Waals surface area (Å²) in [5.74, 6) is -0.715. The molecule has 168 valence electrons. The number of hydrogen-bond donors (Lipinski definition) is 1. The number of halogens is 2. The number of rotatable bonds is 7. The van der Waals surface area contributed by atoms with Gasteiger partial charge in [-0.25, -0.2) is 0 Å². The molecule has 0 aliphatic carbocycles. The van der Waals surface area contributed by atoms with E-state index in [4.69, 9.17) is 23.2 Å². The highest BCUT2D eigenvalue weighted by molar-refractivity contribution is 7.13. The maximum atomic E-state index is 13.3. The van der Waals surface area contributed by atoms with Gasteiger partial charge in [0.05, 0.1) is 39.3 Å². The van der Waals surface area contributed by atoms with Gasteiger partial charge in [0.2, 0.25) is 5.91 Å². The molecule has 1 N–H and O–H groups in total. The first-order valence-electron chi connectivity index (χ1n) is 10.1. The third kappa shape index (κ3) is 5.45. The lowest BCUT2D eigenvalue weighted by Gasteiger charge is -2.17. The highest BCUT2D eigenvalue weighted by atomic mass is 35.5. The Kier molecular flexibility index (Phi) is 7.13. The van der Waals surface area contributed by atoms with Crippen LogP contribution in [0.1, 0.15) is 15.9 Å². The number of carbonyl (C=O) groups is 2. The van der Waals surface area contributed by atoms with Crippen molar-refractivity contribution in [1.82, 2.24) is 14.7 Å². The molecule has 6 nitrogen and oxygen atoms in total. The van der Waals surface area contributed by atoms with E-state index in [-0.39, 0.29) is 12.5 Å². The zero-order chi connectivity index (χ0) is 23.4. The summed E-state index contributed by atoms with van der Waals surface area (Å²) in [5, 5.41) is 9.93. The molecule has 0 atom stereocenters. The number of para-hydroxylation sites is 1. The van der Waals surface area contributed by atoms with E-state index < -0.39 is 5.91 Å². The third-order valence-corrected chi connectivity index (χ3v) is 6.40. The number of thiophene rings is 1. The van der Waals surface area contributed by atoms with Crippen LogP contribution in [0.25, 0.3) is 10.6 Å². The number of nitrogens with zero attached hydrogens (tertiary/aromatic N) is 3. The van der Waals surface area contributed by atoms with Crippen LogP contribution in [0.15, 0.2) is 72.2 Å². The average Bonchev–Trinajstić information content (AvgIpc) is 3.46. The molecule has 2 aromatic heterocycles. The van der Waals surface area contributed by atoms with Crippen LogP contribution in [-0.4, -0.2) is 40.1 Å². The maximum absolute atomic E-state index is 13.3. The molecule has 0 spiro atoms. The number of likely N-dealkylation sites (N-methyl/N-ethyl adjacent to an activating group) is 1. The third-order valence-electron chi connectivity index (χ3n) is 4.89. The van der Waals surface area contributed by atoms with Crippen molar-refractivity contribution >= 4 is 52.0 Å². The molecule has 0 saturated heterocycles. The van der Waals surface area contributed by atoms with E-state index >= 15 is 0 Å². The van der Waals surface area contributed by atoms with Gasteiger partial charge in [-0.3, -0.25) is 14.3 Å². The Morgan fingerprint density at radius 1 is 1.03 bits per heavy atom. The van der Waals surface area contributed by atoms with Gasteiger partial charge >= 0.3 is 0 Å². The van der Waals surface area contributed by atoms with E-state index in [0.717, 1.165) is 10.4 Å². The highest BCUT2D eigenvalue weighted by Gasteiger charge is 2.23. The van der Waals surface area contributed by atoms with Crippen LogP contribution in [0.4, 0.5) is 5.69 Å². The van der Waals surface area contributed by atoms with Crippen LogP contribution < -0.4 is 5.32 Å². The molecule has 4 rings (SSSR count). The molecule has 0 radical (unpaired) electrons. The molecule has 2 amide bonds. The second-order valence-electron chi connectivity index (χ2n) is 7.36. The van der Waals surface area contributed by atoms with Crippen molar-refractivity contribution in [2.45, 2.75) is 6.54 Å². The van der Waals surface area contributed by atoms with E-state index in [1.807, 2.05) is 47.8 Å². The molecule has 0 aliphatic heterocycles. The lowest BCUT2D eigenvalue weighted by Crippen LogP contribution is -2.35. The summed E-state index contributed by atoms with van der Waals surface area (Å²) in [6, 6.07) is 18.7. The lowest BCUT2D eigenvalue weighted by atomic mass is 10.2. The minimum Gasteiger partial charge on any atom is -0.332 e. The monoisotopic (exact) mass is 498 g/mol. The van der Waals surface area contributed by atoms with Crippen molar-refractivity contribution in [3.8, 4) is 10.6 Å². The van der Waals surface area contributed by atoms with Crippen molar-refractivity contribution in [2.24, 2.45) is 0 Å². The van der Waals surface area contributed by atoms with Gasteiger partial charge in [-0.05, 0) is 29.1 Å². The summed E-state index contributed by atoms with van der Waals surface area (Å²) in [6.07, 6.45) is 1.73. The molecule has 33 heavy (non-hydrogen) atoms.